The summed E-state index contributed by atoms with van der Waals surface area (Å²) >= 11 is 0. The van der Waals surface area contributed by atoms with Gasteiger partial charge in [0, 0.05) is 18.5 Å². The van der Waals surface area contributed by atoms with E-state index in [0.717, 1.165) is 28.1 Å². The number of carbonyl (C=O) groups is 1. The molecule has 0 saturated heterocycles. The number of hydrogen-bond acceptors (Lipinski definition) is 2. The topological polar surface area (TPSA) is 39.3 Å². The van der Waals surface area contributed by atoms with Crippen molar-refractivity contribution in [1.29, 1.82) is 0 Å². The zero-order valence-electron chi connectivity index (χ0n) is 14.6. The number of nitrogens with zero attached hydrogens (tertiary/aromatic N) is 3. The van der Waals surface area contributed by atoms with E-state index < -0.39 is 0 Å². The Balaban J connectivity index is 0.00000196. The minimum Gasteiger partial charge on any atom is -0.306 e. The maximum atomic E-state index is 12.8. The van der Waals surface area contributed by atoms with Crippen LogP contribution in [0, 0.1) is 0 Å². The second-order valence-corrected chi connectivity index (χ2v) is 5.98. The first kappa shape index (κ1) is 18.0. The van der Waals surface area contributed by atoms with E-state index in [2.05, 4.69) is 17.2 Å². The van der Waals surface area contributed by atoms with Crippen LogP contribution >= 0.6 is 12.4 Å². The molecule has 0 unspecified atom stereocenters. The van der Waals surface area contributed by atoms with Crippen molar-refractivity contribution in [2.45, 2.75) is 19.9 Å². The first-order valence-corrected chi connectivity index (χ1v) is 8.45. The van der Waals surface area contributed by atoms with Crippen LogP contribution < -0.4 is 0 Å². The molecule has 0 aliphatic rings. The van der Waals surface area contributed by atoms with Crippen LogP contribution in [0.2, 0.25) is 0 Å². The normalized spacial score (nSPS) is 10.8. The van der Waals surface area contributed by atoms with E-state index in [1.54, 1.807) is 0 Å². The highest BCUT2D eigenvalue weighted by Gasteiger charge is 2.24. The molecule has 132 valence electrons. The maximum Gasteiger partial charge on any atom is 0.216 e. The minimum absolute atomic E-state index is 0. The summed E-state index contributed by atoms with van der Waals surface area (Å²) in [6.07, 6.45) is 2.29. The van der Waals surface area contributed by atoms with Crippen LogP contribution in [0.25, 0.3) is 28.1 Å². The molecule has 0 saturated carbocycles. The van der Waals surface area contributed by atoms with Crippen LogP contribution in [0.4, 0.5) is 0 Å². The average molecular weight is 366 g/mol. The lowest BCUT2D eigenvalue weighted by molar-refractivity contribution is 0.0983. The largest absolute Gasteiger partial charge is 0.306 e. The number of Topliss-reactive ketones (excluding diaryl/α,β-unsaturated/α-hetero) is 1. The third-order valence-corrected chi connectivity index (χ3v) is 4.46. The molecule has 2 aromatic carbocycles. The van der Waals surface area contributed by atoms with Gasteiger partial charge in [-0.3, -0.25) is 9.20 Å². The summed E-state index contributed by atoms with van der Waals surface area (Å²) in [7, 11) is 0. The first-order valence-electron chi connectivity index (χ1n) is 8.45. The number of fused-ring (bicyclic) bond motifs is 3. The number of halogens is 1. The van der Waals surface area contributed by atoms with Crippen molar-refractivity contribution in [2.24, 2.45) is 0 Å². The molecule has 0 aliphatic carbocycles. The Bertz CT molecular complexity index is 1090. The fraction of sp³-hybridized carbons (Fsp3) is 0.143. The first-order chi connectivity index (χ1) is 12.3. The van der Waals surface area contributed by atoms with Crippen molar-refractivity contribution in [1.82, 2.24) is 14.0 Å². The van der Waals surface area contributed by atoms with E-state index >= 15 is 0 Å². The van der Waals surface area contributed by atoms with E-state index in [9.17, 15) is 4.79 Å². The molecule has 0 fully saturated rings. The molecule has 5 heteroatoms. The second-order valence-electron chi connectivity index (χ2n) is 5.98. The lowest BCUT2D eigenvalue weighted by atomic mass is 10.1. The van der Waals surface area contributed by atoms with Gasteiger partial charge in [0.25, 0.3) is 0 Å². The van der Waals surface area contributed by atoms with E-state index in [1.165, 1.54) is 0 Å². The summed E-state index contributed by atoms with van der Waals surface area (Å²) in [4.78, 5) is 17.7. The Morgan fingerprint density at radius 3 is 2.38 bits per heavy atom. The molecule has 0 amide bonds. The molecule has 0 atom stereocenters. The number of carbonyl (C=O) groups excluding carboxylic acids is 1. The molecule has 0 spiro atoms. The van der Waals surface area contributed by atoms with Crippen LogP contribution in [0.5, 0.6) is 0 Å². The lowest BCUT2D eigenvalue weighted by Gasteiger charge is -2.03. The number of hydrogen-bond donors (Lipinski definition) is 0. The molecule has 26 heavy (non-hydrogen) atoms. The number of ketones is 1. The van der Waals surface area contributed by atoms with Crippen molar-refractivity contribution < 1.29 is 4.79 Å². The fourth-order valence-electron chi connectivity index (χ4n) is 3.34. The predicted octanol–water partition coefficient (Wildman–Crippen LogP) is 5.16. The Labute approximate surface area is 158 Å². The van der Waals surface area contributed by atoms with Gasteiger partial charge in [-0.1, -0.05) is 55.5 Å². The average Bonchev–Trinajstić information content (AvgIpc) is 3.18. The lowest BCUT2D eigenvalue weighted by Crippen LogP contribution is -2.03. The fourth-order valence-corrected chi connectivity index (χ4v) is 3.34. The molecule has 0 aliphatic heterocycles. The molecule has 4 aromatic rings. The van der Waals surface area contributed by atoms with Gasteiger partial charge < -0.3 is 4.57 Å². The molecule has 4 nitrogen and oxygen atoms in total. The summed E-state index contributed by atoms with van der Waals surface area (Å²) < 4.78 is 4.09. The number of aromatic nitrogens is 3. The predicted molar refractivity (Wildman–Crippen MR) is 108 cm³/mol. The monoisotopic (exact) mass is 365 g/mol. The Kier molecular flexibility index (Phi) is 4.96. The van der Waals surface area contributed by atoms with Crippen LogP contribution in [0.15, 0.2) is 67.3 Å². The van der Waals surface area contributed by atoms with Crippen LogP contribution in [-0.4, -0.2) is 19.7 Å². The highest BCUT2D eigenvalue weighted by Crippen LogP contribution is 2.30. The van der Waals surface area contributed by atoms with Gasteiger partial charge in [0.2, 0.25) is 5.78 Å². The van der Waals surface area contributed by atoms with Gasteiger partial charge in [-0.05, 0) is 12.1 Å². The highest BCUT2D eigenvalue weighted by molar-refractivity contribution is 6.03. The van der Waals surface area contributed by atoms with Gasteiger partial charge >= 0.3 is 0 Å². The number of benzene rings is 2. The third-order valence-electron chi connectivity index (χ3n) is 4.46. The van der Waals surface area contributed by atoms with Gasteiger partial charge in [0.05, 0.1) is 11.0 Å². The van der Waals surface area contributed by atoms with Crippen molar-refractivity contribution in [2.75, 3.05) is 0 Å². The van der Waals surface area contributed by atoms with Gasteiger partial charge in [-0.2, -0.15) is 0 Å². The summed E-state index contributed by atoms with van der Waals surface area (Å²) in [5, 5.41) is 0. The minimum atomic E-state index is 0. The molecule has 2 aromatic heterocycles. The van der Waals surface area contributed by atoms with E-state index in [0.29, 0.717) is 18.7 Å². The van der Waals surface area contributed by atoms with Gasteiger partial charge in [0.15, 0.2) is 5.78 Å². The molecule has 0 bridgehead atoms. The quantitative estimate of drug-likeness (QED) is 0.362. The zero-order chi connectivity index (χ0) is 17.4. The second kappa shape index (κ2) is 7.18. The smallest absolute Gasteiger partial charge is 0.216 e. The van der Waals surface area contributed by atoms with Gasteiger partial charge in [-0.25, -0.2) is 4.98 Å². The number of rotatable bonds is 5. The van der Waals surface area contributed by atoms with Gasteiger partial charge in [-0.15, -0.1) is 19.0 Å². The van der Waals surface area contributed by atoms with E-state index in [1.807, 2.05) is 65.9 Å². The molecule has 0 N–H and O–H groups in total. The molecule has 4 rings (SSSR count). The Morgan fingerprint density at radius 1 is 1.08 bits per heavy atom. The number of imidazole rings is 2. The van der Waals surface area contributed by atoms with Crippen LogP contribution in [-0.2, 0) is 6.54 Å². The maximum absolute atomic E-state index is 12.8. The molecule has 0 radical (unpaired) electrons. The Hall–Kier alpha value is -2.85. The summed E-state index contributed by atoms with van der Waals surface area (Å²) in [5.74, 6) is 0.865. The SMILES string of the molecule is C=CCn1c2ccccc2n2c(C(=O)CC)c(-c3ccccc3)nc12.Cl. The third kappa shape index (κ3) is 2.63. The van der Waals surface area contributed by atoms with E-state index in [-0.39, 0.29) is 18.2 Å². The molecular weight excluding hydrogens is 346 g/mol. The standard InChI is InChI=1S/C21H19N3O.ClH/c1-3-14-23-16-12-8-9-13-17(16)24-20(18(25)4-2)19(22-21(23)24)15-10-6-5-7-11-15;/h3,5-13H,1,4,14H2,2H3;1H. The van der Waals surface area contributed by atoms with Gasteiger partial charge in [0.1, 0.15) is 11.4 Å². The molecule has 2 heterocycles. The van der Waals surface area contributed by atoms with Crippen molar-refractivity contribution in [3.63, 3.8) is 0 Å². The van der Waals surface area contributed by atoms with Crippen molar-refractivity contribution in [3.8, 4) is 11.3 Å². The molecular formula is C21H20ClN3O. The van der Waals surface area contributed by atoms with E-state index in [4.69, 9.17) is 4.98 Å². The number of para-hydroxylation sites is 2. The van der Waals surface area contributed by atoms with Crippen LogP contribution in [0.3, 0.4) is 0 Å². The van der Waals surface area contributed by atoms with Crippen molar-refractivity contribution in [3.05, 3.63) is 72.9 Å². The zero-order valence-corrected chi connectivity index (χ0v) is 15.4. The highest BCUT2D eigenvalue weighted by atomic mass is 35.5. The van der Waals surface area contributed by atoms with Crippen molar-refractivity contribution >= 4 is 35.0 Å². The summed E-state index contributed by atoms with van der Waals surface area (Å²) in [5.41, 5.74) is 4.39. The van der Waals surface area contributed by atoms with Crippen LogP contribution in [0.1, 0.15) is 23.8 Å². The Morgan fingerprint density at radius 2 is 1.73 bits per heavy atom. The summed E-state index contributed by atoms with van der Waals surface area (Å²) in [6.45, 7) is 6.39. The number of allylic oxidation sites excluding steroid dienone is 1. The summed E-state index contributed by atoms with van der Waals surface area (Å²) in [6, 6.07) is 18.0.